The van der Waals surface area contributed by atoms with Gasteiger partial charge < -0.3 is 29.2 Å². The number of amides is 2. The number of anilines is 1. The third-order valence-electron chi connectivity index (χ3n) is 5.88. The third kappa shape index (κ3) is 4.39. The molecule has 4 rings (SSSR count). The first kappa shape index (κ1) is 22.3. The van der Waals surface area contributed by atoms with Crippen LogP contribution < -0.4 is 24.3 Å². The second-order valence-electron chi connectivity index (χ2n) is 7.66. The number of ether oxygens (including phenoxy) is 4. The van der Waals surface area contributed by atoms with Crippen molar-refractivity contribution in [1.82, 2.24) is 4.90 Å². The summed E-state index contributed by atoms with van der Waals surface area (Å²) < 4.78 is 22.0. The van der Waals surface area contributed by atoms with Gasteiger partial charge in [0.15, 0.2) is 23.0 Å². The van der Waals surface area contributed by atoms with E-state index in [0.29, 0.717) is 36.0 Å². The Morgan fingerprint density at radius 1 is 0.818 bits per heavy atom. The Bertz CT molecular complexity index is 1130. The van der Waals surface area contributed by atoms with Gasteiger partial charge in [0.1, 0.15) is 0 Å². The SMILES string of the molecule is COc1ccc([C@H]2c3cc(OC)c(OC)cc3CCN2C(=O)Nc2ccccc2)cc1OC. The maximum atomic E-state index is 13.4. The van der Waals surface area contributed by atoms with E-state index in [1.54, 1.807) is 28.4 Å². The Morgan fingerprint density at radius 2 is 1.45 bits per heavy atom. The Balaban J connectivity index is 1.81. The van der Waals surface area contributed by atoms with E-state index < -0.39 is 0 Å². The van der Waals surface area contributed by atoms with E-state index in [4.69, 9.17) is 18.9 Å². The van der Waals surface area contributed by atoms with E-state index in [9.17, 15) is 4.79 Å². The molecule has 0 radical (unpaired) electrons. The average molecular weight is 449 g/mol. The Morgan fingerprint density at radius 3 is 2.12 bits per heavy atom. The van der Waals surface area contributed by atoms with Crippen molar-refractivity contribution in [3.05, 3.63) is 77.4 Å². The number of fused-ring (bicyclic) bond motifs is 1. The van der Waals surface area contributed by atoms with Crippen molar-refractivity contribution in [1.29, 1.82) is 0 Å². The minimum Gasteiger partial charge on any atom is -0.493 e. The van der Waals surface area contributed by atoms with Crippen LogP contribution in [-0.4, -0.2) is 45.9 Å². The van der Waals surface area contributed by atoms with Crippen LogP contribution in [0.4, 0.5) is 10.5 Å². The lowest BCUT2D eigenvalue weighted by atomic mass is 9.87. The lowest BCUT2D eigenvalue weighted by Crippen LogP contribution is -2.43. The number of carbonyl (C=O) groups is 1. The molecular formula is C26H28N2O5. The van der Waals surface area contributed by atoms with E-state index in [2.05, 4.69) is 5.32 Å². The molecule has 0 aliphatic carbocycles. The maximum Gasteiger partial charge on any atom is 0.322 e. The summed E-state index contributed by atoms with van der Waals surface area (Å²) >= 11 is 0. The Hall–Kier alpha value is -3.87. The van der Waals surface area contributed by atoms with Crippen LogP contribution in [0.1, 0.15) is 22.7 Å². The number of methoxy groups -OCH3 is 4. The topological polar surface area (TPSA) is 69.3 Å². The summed E-state index contributed by atoms with van der Waals surface area (Å²) in [5, 5.41) is 3.02. The molecule has 0 aromatic heterocycles. The van der Waals surface area contributed by atoms with Crippen LogP contribution in [-0.2, 0) is 6.42 Å². The Labute approximate surface area is 193 Å². The number of hydrogen-bond donors (Lipinski definition) is 1. The van der Waals surface area contributed by atoms with Crippen molar-refractivity contribution in [2.45, 2.75) is 12.5 Å². The molecule has 0 unspecified atom stereocenters. The fourth-order valence-corrected chi connectivity index (χ4v) is 4.26. The van der Waals surface area contributed by atoms with Crippen molar-refractivity contribution in [3.8, 4) is 23.0 Å². The molecule has 1 aliphatic rings. The molecule has 33 heavy (non-hydrogen) atoms. The van der Waals surface area contributed by atoms with Gasteiger partial charge in [-0.05, 0) is 59.5 Å². The number of nitrogens with zero attached hydrogens (tertiary/aromatic N) is 1. The summed E-state index contributed by atoms with van der Waals surface area (Å²) in [5.41, 5.74) is 3.74. The highest BCUT2D eigenvalue weighted by Crippen LogP contribution is 2.43. The highest BCUT2D eigenvalue weighted by molar-refractivity contribution is 5.90. The van der Waals surface area contributed by atoms with Crippen LogP contribution in [0.2, 0.25) is 0 Å². The van der Waals surface area contributed by atoms with Gasteiger partial charge in [-0.2, -0.15) is 0 Å². The molecule has 3 aromatic carbocycles. The number of benzene rings is 3. The number of urea groups is 1. The smallest absolute Gasteiger partial charge is 0.322 e. The van der Waals surface area contributed by atoms with E-state index >= 15 is 0 Å². The normalized spacial score (nSPS) is 14.8. The molecule has 1 heterocycles. The van der Waals surface area contributed by atoms with Gasteiger partial charge in [-0.3, -0.25) is 0 Å². The minimum atomic E-state index is -0.350. The quantitative estimate of drug-likeness (QED) is 0.581. The molecule has 7 nitrogen and oxygen atoms in total. The van der Waals surface area contributed by atoms with E-state index in [-0.39, 0.29) is 12.1 Å². The Kier molecular flexibility index (Phi) is 6.58. The first-order valence-electron chi connectivity index (χ1n) is 10.7. The van der Waals surface area contributed by atoms with Crippen LogP contribution in [0.3, 0.4) is 0 Å². The monoisotopic (exact) mass is 448 g/mol. The van der Waals surface area contributed by atoms with E-state index in [0.717, 1.165) is 22.4 Å². The maximum absolute atomic E-state index is 13.4. The number of para-hydroxylation sites is 1. The molecule has 0 fully saturated rings. The van der Waals surface area contributed by atoms with Gasteiger partial charge in [0, 0.05) is 12.2 Å². The van der Waals surface area contributed by atoms with Gasteiger partial charge in [0.25, 0.3) is 0 Å². The highest BCUT2D eigenvalue weighted by Gasteiger charge is 2.34. The molecule has 1 N–H and O–H groups in total. The second-order valence-corrected chi connectivity index (χ2v) is 7.66. The molecule has 1 aliphatic heterocycles. The van der Waals surface area contributed by atoms with Crippen molar-refractivity contribution >= 4 is 11.7 Å². The number of rotatable bonds is 6. The lowest BCUT2D eigenvalue weighted by molar-refractivity contribution is 0.193. The fourth-order valence-electron chi connectivity index (χ4n) is 4.26. The molecule has 0 saturated heterocycles. The van der Waals surface area contributed by atoms with Crippen molar-refractivity contribution in [2.24, 2.45) is 0 Å². The molecule has 3 aromatic rings. The van der Waals surface area contributed by atoms with Gasteiger partial charge in [-0.25, -0.2) is 4.79 Å². The number of hydrogen-bond acceptors (Lipinski definition) is 5. The summed E-state index contributed by atoms with van der Waals surface area (Å²) in [5.74, 6) is 2.52. The summed E-state index contributed by atoms with van der Waals surface area (Å²) in [6.07, 6.45) is 0.696. The molecular weight excluding hydrogens is 420 g/mol. The van der Waals surface area contributed by atoms with Crippen molar-refractivity contribution in [3.63, 3.8) is 0 Å². The van der Waals surface area contributed by atoms with Crippen molar-refractivity contribution < 1.29 is 23.7 Å². The molecule has 172 valence electrons. The lowest BCUT2D eigenvalue weighted by Gasteiger charge is -2.38. The molecule has 1 atom stereocenters. The van der Waals surface area contributed by atoms with E-state index in [1.165, 1.54) is 0 Å². The number of nitrogens with one attached hydrogen (secondary N) is 1. The zero-order valence-corrected chi connectivity index (χ0v) is 19.3. The number of carbonyl (C=O) groups excluding carboxylic acids is 1. The predicted molar refractivity (Wildman–Crippen MR) is 127 cm³/mol. The molecule has 0 bridgehead atoms. The third-order valence-corrected chi connectivity index (χ3v) is 5.88. The standard InChI is InChI=1S/C26H28N2O5/c1-30-21-11-10-18(15-22(21)31-2)25-20-16-24(33-4)23(32-3)14-17(20)12-13-28(25)26(29)27-19-8-6-5-7-9-19/h5-11,14-16,25H,12-13H2,1-4H3,(H,27,29)/t25-/m0/s1. The summed E-state index contributed by atoms with van der Waals surface area (Å²) in [7, 11) is 6.44. The zero-order chi connectivity index (χ0) is 23.4. The zero-order valence-electron chi connectivity index (χ0n) is 19.3. The predicted octanol–water partition coefficient (Wildman–Crippen LogP) is 4.90. The second kappa shape index (κ2) is 9.73. The molecule has 7 heteroatoms. The van der Waals surface area contributed by atoms with Crippen LogP contribution in [0.25, 0.3) is 0 Å². The summed E-state index contributed by atoms with van der Waals surface area (Å²) in [6.45, 7) is 0.542. The van der Waals surface area contributed by atoms with E-state index in [1.807, 2.05) is 65.6 Å². The van der Waals surface area contributed by atoms with Crippen LogP contribution >= 0.6 is 0 Å². The fraction of sp³-hybridized carbons (Fsp3) is 0.269. The first-order chi connectivity index (χ1) is 16.1. The first-order valence-corrected chi connectivity index (χ1v) is 10.7. The van der Waals surface area contributed by atoms with Gasteiger partial charge in [-0.15, -0.1) is 0 Å². The summed E-state index contributed by atoms with van der Waals surface area (Å²) in [6, 6.07) is 18.6. The van der Waals surface area contributed by atoms with Gasteiger partial charge in [-0.1, -0.05) is 24.3 Å². The molecule has 2 amide bonds. The van der Waals surface area contributed by atoms with Crippen molar-refractivity contribution in [2.75, 3.05) is 40.3 Å². The molecule has 0 saturated carbocycles. The molecule has 0 spiro atoms. The summed E-state index contributed by atoms with van der Waals surface area (Å²) in [4.78, 5) is 15.3. The largest absolute Gasteiger partial charge is 0.493 e. The van der Waals surface area contributed by atoms with Crippen LogP contribution in [0.5, 0.6) is 23.0 Å². The van der Waals surface area contributed by atoms with Gasteiger partial charge in [0.2, 0.25) is 0 Å². The minimum absolute atomic E-state index is 0.179. The van der Waals surface area contributed by atoms with Gasteiger partial charge in [0.05, 0.1) is 34.5 Å². The van der Waals surface area contributed by atoms with Crippen LogP contribution in [0.15, 0.2) is 60.7 Å². The average Bonchev–Trinajstić information content (AvgIpc) is 2.87. The van der Waals surface area contributed by atoms with Crippen LogP contribution in [0, 0.1) is 0 Å². The van der Waals surface area contributed by atoms with Gasteiger partial charge >= 0.3 is 6.03 Å². The highest BCUT2D eigenvalue weighted by atomic mass is 16.5.